The van der Waals surface area contributed by atoms with Gasteiger partial charge in [-0.25, -0.2) is 0 Å². The number of benzene rings is 1. The van der Waals surface area contributed by atoms with Gasteiger partial charge in [-0.05, 0) is 43.5 Å². The first-order valence-corrected chi connectivity index (χ1v) is 6.36. The molecule has 0 bridgehead atoms. The normalized spacial score (nSPS) is 15.3. The van der Waals surface area contributed by atoms with Crippen molar-refractivity contribution in [2.75, 3.05) is 5.32 Å². The molecule has 0 saturated heterocycles. The van der Waals surface area contributed by atoms with E-state index >= 15 is 0 Å². The summed E-state index contributed by atoms with van der Waals surface area (Å²) >= 11 is 0. The first-order valence-electron chi connectivity index (χ1n) is 6.36. The second kappa shape index (κ2) is 5.73. The molecule has 2 N–H and O–H groups in total. The van der Waals surface area contributed by atoms with Gasteiger partial charge in [0.05, 0.1) is 6.10 Å². The van der Waals surface area contributed by atoms with Crippen LogP contribution in [0.5, 0.6) is 5.75 Å². The number of aryl methyl sites for hydroxylation is 1. The van der Waals surface area contributed by atoms with E-state index in [2.05, 4.69) is 5.32 Å². The Balaban J connectivity index is 1.98. The molecule has 1 unspecified atom stereocenters. The van der Waals surface area contributed by atoms with E-state index in [9.17, 15) is 9.59 Å². The number of carbonyl (C=O) groups is 2. The fraction of sp³-hybridized carbons (Fsp3) is 0.429. The van der Waals surface area contributed by atoms with Crippen LogP contribution in [-0.2, 0) is 16.0 Å². The molecule has 102 valence electrons. The highest BCUT2D eigenvalue weighted by molar-refractivity contribution is 5.93. The number of anilines is 1. The van der Waals surface area contributed by atoms with Gasteiger partial charge in [0.1, 0.15) is 5.75 Å². The minimum Gasteiger partial charge on any atom is -0.491 e. The van der Waals surface area contributed by atoms with E-state index < -0.39 is 5.97 Å². The predicted molar refractivity (Wildman–Crippen MR) is 70.4 cm³/mol. The summed E-state index contributed by atoms with van der Waals surface area (Å²) in [5.74, 6) is -0.0626. The fourth-order valence-electron chi connectivity index (χ4n) is 2.05. The fourth-order valence-corrected chi connectivity index (χ4v) is 2.05. The Morgan fingerprint density at radius 2 is 2.26 bits per heavy atom. The standard InChI is InChI=1S/C14H17NO4/c1-9(2-7-14(17)18)19-11-4-5-12-10(8-11)3-6-13(16)15-12/h4-5,8-9H,2-3,6-7H2,1H3,(H,15,16)(H,17,18). The molecule has 1 atom stereocenters. The molecular formula is C14H17NO4. The number of carboxylic acids is 1. The third kappa shape index (κ3) is 3.71. The van der Waals surface area contributed by atoms with Crippen molar-refractivity contribution in [2.45, 2.75) is 38.7 Å². The number of carboxylic acid groups (broad SMARTS) is 1. The lowest BCUT2D eigenvalue weighted by molar-refractivity contribution is -0.137. The predicted octanol–water partition coefficient (Wildman–Crippen LogP) is 2.20. The molecule has 2 rings (SSSR count). The minimum atomic E-state index is -0.816. The lowest BCUT2D eigenvalue weighted by Gasteiger charge is -2.19. The zero-order chi connectivity index (χ0) is 13.8. The number of ether oxygens (including phenoxy) is 1. The molecule has 1 aliphatic rings. The van der Waals surface area contributed by atoms with Gasteiger partial charge in [-0.1, -0.05) is 0 Å². The third-order valence-electron chi connectivity index (χ3n) is 3.07. The highest BCUT2D eigenvalue weighted by atomic mass is 16.5. The van der Waals surface area contributed by atoms with E-state index in [1.54, 1.807) is 6.07 Å². The highest BCUT2D eigenvalue weighted by Crippen LogP contribution is 2.27. The first kappa shape index (κ1) is 13.4. The van der Waals surface area contributed by atoms with Crippen LogP contribution in [0.3, 0.4) is 0 Å². The number of fused-ring (bicyclic) bond motifs is 1. The Hall–Kier alpha value is -2.04. The van der Waals surface area contributed by atoms with E-state index in [0.29, 0.717) is 25.0 Å². The van der Waals surface area contributed by atoms with Gasteiger partial charge in [-0.15, -0.1) is 0 Å². The molecule has 0 aliphatic carbocycles. The molecule has 5 nitrogen and oxygen atoms in total. The van der Waals surface area contributed by atoms with Crippen LogP contribution in [0, 0.1) is 0 Å². The topological polar surface area (TPSA) is 75.6 Å². The van der Waals surface area contributed by atoms with Gasteiger partial charge in [0, 0.05) is 18.5 Å². The number of carbonyl (C=O) groups excluding carboxylic acids is 1. The maximum atomic E-state index is 11.2. The average Bonchev–Trinajstić information content (AvgIpc) is 2.36. The van der Waals surface area contributed by atoms with E-state index in [1.165, 1.54) is 0 Å². The zero-order valence-corrected chi connectivity index (χ0v) is 10.8. The minimum absolute atomic E-state index is 0.0380. The van der Waals surface area contributed by atoms with Crippen LogP contribution in [0.1, 0.15) is 31.7 Å². The molecule has 19 heavy (non-hydrogen) atoms. The Bertz CT molecular complexity index is 498. The number of hydrogen-bond acceptors (Lipinski definition) is 3. The van der Waals surface area contributed by atoms with Crippen molar-refractivity contribution >= 4 is 17.6 Å². The molecular weight excluding hydrogens is 246 g/mol. The van der Waals surface area contributed by atoms with Gasteiger partial charge < -0.3 is 15.2 Å². The van der Waals surface area contributed by atoms with Crippen molar-refractivity contribution in [3.05, 3.63) is 23.8 Å². The summed E-state index contributed by atoms with van der Waals surface area (Å²) in [4.78, 5) is 21.7. The van der Waals surface area contributed by atoms with Crippen LogP contribution in [0.25, 0.3) is 0 Å². The van der Waals surface area contributed by atoms with Crippen LogP contribution in [0.15, 0.2) is 18.2 Å². The van der Waals surface area contributed by atoms with Crippen molar-refractivity contribution in [1.82, 2.24) is 0 Å². The second-order valence-corrected chi connectivity index (χ2v) is 4.73. The smallest absolute Gasteiger partial charge is 0.303 e. The SMILES string of the molecule is CC(CCC(=O)O)Oc1ccc2c(c1)CCC(=O)N2. The number of amides is 1. The summed E-state index contributed by atoms with van der Waals surface area (Å²) in [6.07, 6.45) is 1.63. The van der Waals surface area contributed by atoms with Crippen molar-refractivity contribution in [2.24, 2.45) is 0 Å². The molecule has 0 saturated carbocycles. The van der Waals surface area contributed by atoms with Crippen LogP contribution >= 0.6 is 0 Å². The van der Waals surface area contributed by atoms with E-state index in [0.717, 1.165) is 11.3 Å². The van der Waals surface area contributed by atoms with E-state index in [4.69, 9.17) is 9.84 Å². The molecule has 1 aromatic carbocycles. The monoisotopic (exact) mass is 263 g/mol. The zero-order valence-electron chi connectivity index (χ0n) is 10.8. The Morgan fingerprint density at radius 1 is 1.47 bits per heavy atom. The Labute approximate surface area is 111 Å². The maximum absolute atomic E-state index is 11.2. The lowest BCUT2D eigenvalue weighted by Crippen LogP contribution is -2.19. The summed E-state index contributed by atoms with van der Waals surface area (Å²) < 4.78 is 5.68. The quantitative estimate of drug-likeness (QED) is 0.854. The van der Waals surface area contributed by atoms with E-state index in [1.807, 2.05) is 19.1 Å². The van der Waals surface area contributed by atoms with Crippen molar-refractivity contribution in [1.29, 1.82) is 0 Å². The molecule has 0 spiro atoms. The lowest BCUT2D eigenvalue weighted by atomic mass is 10.0. The third-order valence-corrected chi connectivity index (χ3v) is 3.07. The molecule has 0 fully saturated rings. The Kier molecular flexibility index (Phi) is 4.04. The van der Waals surface area contributed by atoms with Crippen LogP contribution in [-0.4, -0.2) is 23.1 Å². The summed E-state index contributed by atoms with van der Waals surface area (Å²) in [6, 6.07) is 5.53. The van der Waals surface area contributed by atoms with Gasteiger partial charge in [-0.3, -0.25) is 9.59 Å². The Morgan fingerprint density at radius 3 is 3.00 bits per heavy atom. The van der Waals surface area contributed by atoms with Crippen molar-refractivity contribution in [3.8, 4) is 5.75 Å². The molecule has 1 amide bonds. The van der Waals surface area contributed by atoms with Crippen molar-refractivity contribution in [3.63, 3.8) is 0 Å². The van der Waals surface area contributed by atoms with Gasteiger partial charge in [-0.2, -0.15) is 0 Å². The van der Waals surface area contributed by atoms with Gasteiger partial charge in [0.2, 0.25) is 5.91 Å². The molecule has 0 aromatic heterocycles. The molecule has 0 radical (unpaired) electrons. The van der Waals surface area contributed by atoms with Crippen LogP contribution in [0.2, 0.25) is 0 Å². The molecule has 1 aliphatic heterocycles. The van der Waals surface area contributed by atoms with E-state index in [-0.39, 0.29) is 18.4 Å². The first-order chi connectivity index (χ1) is 9.04. The van der Waals surface area contributed by atoms with Gasteiger partial charge in [0.15, 0.2) is 0 Å². The summed E-state index contributed by atoms with van der Waals surface area (Å²) in [5.41, 5.74) is 1.89. The average molecular weight is 263 g/mol. The highest BCUT2D eigenvalue weighted by Gasteiger charge is 2.15. The molecule has 1 heterocycles. The number of nitrogens with one attached hydrogen (secondary N) is 1. The van der Waals surface area contributed by atoms with Gasteiger partial charge >= 0.3 is 5.97 Å². The second-order valence-electron chi connectivity index (χ2n) is 4.73. The molecule has 1 aromatic rings. The van der Waals surface area contributed by atoms with Gasteiger partial charge in [0.25, 0.3) is 0 Å². The largest absolute Gasteiger partial charge is 0.491 e. The molecule has 5 heteroatoms. The maximum Gasteiger partial charge on any atom is 0.303 e. The summed E-state index contributed by atoms with van der Waals surface area (Å²) in [5, 5.41) is 11.4. The van der Waals surface area contributed by atoms with Crippen LogP contribution < -0.4 is 10.1 Å². The van der Waals surface area contributed by atoms with Crippen molar-refractivity contribution < 1.29 is 19.4 Å². The summed E-state index contributed by atoms with van der Waals surface area (Å²) in [7, 11) is 0. The number of hydrogen-bond donors (Lipinski definition) is 2. The number of rotatable bonds is 5. The van der Waals surface area contributed by atoms with Crippen LogP contribution in [0.4, 0.5) is 5.69 Å². The summed E-state index contributed by atoms with van der Waals surface area (Å²) in [6.45, 7) is 1.85. The number of aliphatic carboxylic acids is 1.